The van der Waals surface area contributed by atoms with E-state index in [1.54, 1.807) is 12.1 Å². The predicted molar refractivity (Wildman–Crippen MR) is 69.6 cm³/mol. The van der Waals surface area contributed by atoms with Crippen LogP contribution in [0.2, 0.25) is 0 Å². The molecule has 0 bridgehead atoms. The molecule has 0 saturated carbocycles. The van der Waals surface area contributed by atoms with E-state index in [0.717, 1.165) is 0 Å². The van der Waals surface area contributed by atoms with Crippen LogP contribution in [-0.4, -0.2) is 31.0 Å². The number of nitrogens with zero attached hydrogens (tertiary/aromatic N) is 1. The fraction of sp³-hybridized carbons (Fsp3) is 0.231. The molecule has 1 aromatic carbocycles. The molecule has 2 N–H and O–H groups in total. The average Bonchev–Trinajstić information content (AvgIpc) is 2.40. The molecule has 7 heteroatoms. The number of anilines is 1. The topological polar surface area (TPSA) is 70.7 Å². The summed E-state index contributed by atoms with van der Waals surface area (Å²) in [6.45, 7) is 0. The summed E-state index contributed by atoms with van der Waals surface area (Å²) in [5.41, 5.74) is 3.08. The average molecular weight is 279 g/mol. The van der Waals surface area contributed by atoms with Gasteiger partial charge >= 0.3 is 5.97 Å². The lowest BCUT2D eigenvalue weighted by atomic mass is 10.2. The number of methoxy groups -OCH3 is 1. The van der Waals surface area contributed by atoms with Gasteiger partial charge in [0.15, 0.2) is 5.70 Å². The number of carbonyl (C=O) groups is 2. The van der Waals surface area contributed by atoms with Crippen molar-refractivity contribution in [2.75, 3.05) is 19.5 Å². The predicted octanol–water partition coefficient (Wildman–Crippen LogP) is 0.989. The molecule has 0 unspecified atom stereocenters. The zero-order valence-corrected chi connectivity index (χ0v) is 11.1. The van der Waals surface area contributed by atoms with Gasteiger partial charge in [0.25, 0.3) is 0 Å². The number of hydrogen-bond acceptors (Lipinski definition) is 5. The first-order valence-electron chi connectivity index (χ1n) is 5.89. The fourth-order valence-corrected chi connectivity index (χ4v) is 1.91. The van der Waals surface area contributed by atoms with Crippen molar-refractivity contribution in [3.8, 4) is 0 Å². The molecule has 1 aliphatic heterocycles. The molecule has 1 aliphatic rings. The van der Waals surface area contributed by atoms with Crippen LogP contribution in [0.4, 0.5) is 10.1 Å². The van der Waals surface area contributed by atoms with Crippen LogP contribution in [-0.2, 0) is 14.3 Å². The Morgan fingerprint density at radius 3 is 2.80 bits per heavy atom. The van der Waals surface area contributed by atoms with Crippen molar-refractivity contribution >= 4 is 17.6 Å². The molecule has 6 nitrogen and oxygen atoms in total. The summed E-state index contributed by atoms with van der Waals surface area (Å²) in [7, 11) is 2.74. The van der Waals surface area contributed by atoms with Crippen LogP contribution < -0.4 is 10.7 Å². The van der Waals surface area contributed by atoms with Crippen molar-refractivity contribution in [2.24, 2.45) is 0 Å². The number of amides is 1. The first-order valence-corrected chi connectivity index (χ1v) is 5.89. The standard InChI is InChI=1S/C13H14FN3O3/c1-17-12(13(19)20-2)10(7-11(18)16-17)15-9-6-4-3-5-8(9)14/h3-6,15H,7H2,1-2H3,(H,16,18). The van der Waals surface area contributed by atoms with E-state index in [4.69, 9.17) is 0 Å². The molecular weight excluding hydrogens is 265 g/mol. The third kappa shape index (κ3) is 2.71. The van der Waals surface area contributed by atoms with Gasteiger partial charge in [-0.15, -0.1) is 0 Å². The maximum Gasteiger partial charge on any atom is 0.358 e. The number of hydrazine groups is 1. The van der Waals surface area contributed by atoms with Crippen molar-refractivity contribution in [3.05, 3.63) is 41.5 Å². The lowest BCUT2D eigenvalue weighted by Crippen LogP contribution is -2.46. The highest BCUT2D eigenvalue weighted by Gasteiger charge is 2.28. The Morgan fingerprint density at radius 2 is 2.15 bits per heavy atom. The Labute approximate surface area is 115 Å². The molecule has 2 rings (SSSR count). The number of rotatable bonds is 3. The Kier molecular flexibility index (Phi) is 3.88. The Balaban J connectivity index is 2.40. The van der Waals surface area contributed by atoms with Gasteiger partial charge in [-0.25, -0.2) is 9.18 Å². The maximum atomic E-state index is 13.6. The summed E-state index contributed by atoms with van der Waals surface area (Å²) in [6.07, 6.45) is -0.0664. The normalized spacial score (nSPS) is 14.9. The number of nitrogens with one attached hydrogen (secondary N) is 2. The summed E-state index contributed by atoms with van der Waals surface area (Å²) in [5, 5.41) is 4.03. The van der Waals surface area contributed by atoms with Crippen molar-refractivity contribution in [3.63, 3.8) is 0 Å². The zero-order chi connectivity index (χ0) is 14.7. The Hall–Kier alpha value is -2.57. The van der Waals surface area contributed by atoms with Crippen LogP contribution in [0.15, 0.2) is 35.7 Å². The van der Waals surface area contributed by atoms with Crippen LogP contribution in [0.5, 0.6) is 0 Å². The smallest absolute Gasteiger partial charge is 0.358 e. The molecule has 0 atom stereocenters. The molecule has 1 heterocycles. The zero-order valence-electron chi connectivity index (χ0n) is 11.1. The van der Waals surface area contributed by atoms with Crippen LogP contribution >= 0.6 is 0 Å². The molecule has 1 aromatic rings. The lowest BCUT2D eigenvalue weighted by molar-refractivity contribution is -0.139. The molecule has 20 heavy (non-hydrogen) atoms. The van der Waals surface area contributed by atoms with Gasteiger partial charge in [-0.1, -0.05) is 12.1 Å². The minimum absolute atomic E-state index is 0.0664. The number of carbonyl (C=O) groups excluding carboxylic acids is 2. The molecule has 0 fully saturated rings. The van der Waals surface area contributed by atoms with E-state index >= 15 is 0 Å². The van der Waals surface area contributed by atoms with Crippen LogP contribution in [0.25, 0.3) is 0 Å². The minimum Gasteiger partial charge on any atom is -0.464 e. The second kappa shape index (κ2) is 5.60. The van der Waals surface area contributed by atoms with E-state index in [9.17, 15) is 14.0 Å². The second-order valence-electron chi connectivity index (χ2n) is 4.19. The largest absolute Gasteiger partial charge is 0.464 e. The molecule has 0 aromatic heterocycles. The molecule has 0 aliphatic carbocycles. The van der Waals surface area contributed by atoms with Crippen molar-refractivity contribution in [2.45, 2.75) is 6.42 Å². The van der Waals surface area contributed by atoms with Crippen molar-refractivity contribution < 1.29 is 18.7 Å². The second-order valence-corrected chi connectivity index (χ2v) is 4.19. The maximum absolute atomic E-state index is 13.6. The third-order valence-corrected chi connectivity index (χ3v) is 2.79. The molecule has 0 saturated heterocycles. The Morgan fingerprint density at radius 1 is 1.45 bits per heavy atom. The van der Waals surface area contributed by atoms with E-state index < -0.39 is 11.8 Å². The highest BCUT2D eigenvalue weighted by atomic mass is 19.1. The van der Waals surface area contributed by atoms with Gasteiger partial charge in [0.05, 0.1) is 24.9 Å². The summed E-state index contributed by atoms with van der Waals surface area (Å²) < 4.78 is 18.3. The van der Waals surface area contributed by atoms with E-state index in [-0.39, 0.29) is 29.4 Å². The van der Waals surface area contributed by atoms with Crippen LogP contribution in [0, 0.1) is 5.82 Å². The molecule has 0 radical (unpaired) electrons. The third-order valence-electron chi connectivity index (χ3n) is 2.79. The summed E-state index contributed by atoms with van der Waals surface area (Å²) >= 11 is 0. The van der Waals surface area contributed by atoms with Gasteiger partial charge in [0.2, 0.25) is 5.91 Å². The number of para-hydroxylation sites is 1. The van der Waals surface area contributed by atoms with E-state index in [1.165, 1.54) is 31.3 Å². The van der Waals surface area contributed by atoms with E-state index in [1.807, 2.05) is 0 Å². The minimum atomic E-state index is -0.619. The highest BCUT2D eigenvalue weighted by molar-refractivity contribution is 5.93. The van der Waals surface area contributed by atoms with Crippen LogP contribution in [0.1, 0.15) is 6.42 Å². The van der Waals surface area contributed by atoms with Gasteiger partial charge in [-0.3, -0.25) is 15.2 Å². The molecule has 106 valence electrons. The number of hydrogen-bond donors (Lipinski definition) is 2. The summed E-state index contributed by atoms with van der Waals surface area (Å²) in [4.78, 5) is 23.3. The van der Waals surface area contributed by atoms with Crippen LogP contribution in [0.3, 0.4) is 0 Å². The Bertz CT molecular complexity index is 586. The van der Waals surface area contributed by atoms with Gasteiger partial charge in [-0.2, -0.15) is 0 Å². The first kappa shape index (κ1) is 13.9. The highest BCUT2D eigenvalue weighted by Crippen LogP contribution is 2.22. The van der Waals surface area contributed by atoms with Gasteiger partial charge in [0.1, 0.15) is 5.82 Å². The molecule has 1 amide bonds. The monoisotopic (exact) mass is 279 g/mol. The first-order chi connectivity index (χ1) is 9.52. The van der Waals surface area contributed by atoms with E-state index in [0.29, 0.717) is 0 Å². The molecular formula is C13H14FN3O3. The summed E-state index contributed by atoms with van der Waals surface area (Å²) in [6, 6.07) is 6.00. The number of halogens is 1. The number of esters is 1. The number of likely N-dealkylation sites (N-methyl/N-ethyl adjacent to an activating group) is 1. The summed E-state index contributed by atoms with van der Waals surface area (Å²) in [5.74, 6) is -1.40. The van der Waals surface area contributed by atoms with Gasteiger partial charge in [-0.05, 0) is 12.1 Å². The lowest BCUT2D eigenvalue weighted by Gasteiger charge is -2.29. The molecule has 0 spiro atoms. The number of benzene rings is 1. The van der Waals surface area contributed by atoms with Gasteiger partial charge in [0, 0.05) is 7.05 Å². The van der Waals surface area contributed by atoms with Crippen molar-refractivity contribution in [1.29, 1.82) is 0 Å². The number of ether oxygens (including phenoxy) is 1. The van der Waals surface area contributed by atoms with Gasteiger partial charge < -0.3 is 10.1 Å². The quantitative estimate of drug-likeness (QED) is 0.807. The fourth-order valence-electron chi connectivity index (χ4n) is 1.91. The van der Waals surface area contributed by atoms with E-state index in [2.05, 4.69) is 15.5 Å². The van der Waals surface area contributed by atoms with Crippen molar-refractivity contribution in [1.82, 2.24) is 10.4 Å². The SMILES string of the molecule is COC(=O)C1=C(Nc2ccccc2F)CC(=O)NN1C.